The lowest BCUT2D eigenvalue weighted by Crippen LogP contribution is -2.21. The summed E-state index contributed by atoms with van der Waals surface area (Å²) in [7, 11) is 1.39. The van der Waals surface area contributed by atoms with Crippen LogP contribution in [0.1, 0.15) is 48.9 Å². The number of ether oxygens (including phenoxy) is 1. The van der Waals surface area contributed by atoms with Gasteiger partial charge in [0.2, 0.25) is 0 Å². The van der Waals surface area contributed by atoms with Gasteiger partial charge in [0.05, 0.1) is 24.0 Å². The second kappa shape index (κ2) is 6.45. The van der Waals surface area contributed by atoms with Crippen molar-refractivity contribution in [1.82, 2.24) is 0 Å². The molecule has 0 radical (unpaired) electrons. The fourth-order valence-electron chi connectivity index (χ4n) is 2.64. The van der Waals surface area contributed by atoms with E-state index in [4.69, 9.17) is 10.5 Å². The zero-order valence-corrected chi connectivity index (χ0v) is 11.4. The normalized spacial score (nSPS) is 16.7. The molecule has 4 nitrogen and oxygen atoms in total. The third-order valence-corrected chi connectivity index (χ3v) is 3.71. The van der Waals surface area contributed by atoms with E-state index in [9.17, 15) is 4.79 Å². The molecule has 1 aliphatic rings. The number of hydrogen-bond donors (Lipinski definition) is 2. The summed E-state index contributed by atoms with van der Waals surface area (Å²) in [4.78, 5) is 11.8. The van der Waals surface area contributed by atoms with E-state index < -0.39 is 0 Å². The number of rotatable bonds is 3. The van der Waals surface area contributed by atoms with E-state index >= 15 is 0 Å². The predicted molar refractivity (Wildman–Crippen MR) is 77.3 cm³/mol. The zero-order chi connectivity index (χ0) is 13.7. The van der Waals surface area contributed by atoms with Gasteiger partial charge in [-0.15, -0.1) is 0 Å². The fraction of sp³-hybridized carbons (Fsp3) is 0.533. The van der Waals surface area contributed by atoms with Crippen LogP contribution in [0, 0.1) is 0 Å². The quantitative estimate of drug-likeness (QED) is 0.499. The minimum Gasteiger partial charge on any atom is -0.465 e. The molecule has 0 atom stereocenters. The zero-order valence-electron chi connectivity index (χ0n) is 11.4. The molecule has 1 fully saturated rings. The van der Waals surface area contributed by atoms with Gasteiger partial charge in [-0.1, -0.05) is 31.7 Å². The number of esters is 1. The molecule has 19 heavy (non-hydrogen) atoms. The molecule has 0 unspecified atom stereocenters. The van der Waals surface area contributed by atoms with Crippen LogP contribution in [0.15, 0.2) is 18.2 Å². The molecule has 104 valence electrons. The summed E-state index contributed by atoms with van der Waals surface area (Å²) in [5.41, 5.74) is 7.85. The predicted octanol–water partition coefficient (Wildman–Crippen LogP) is 3.19. The number of nitrogens with one attached hydrogen (secondary N) is 1. The molecule has 3 N–H and O–H groups in total. The van der Waals surface area contributed by atoms with Gasteiger partial charge >= 0.3 is 5.97 Å². The van der Waals surface area contributed by atoms with Crippen molar-refractivity contribution in [3.63, 3.8) is 0 Å². The maximum absolute atomic E-state index is 11.8. The molecule has 0 aliphatic heterocycles. The van der Waals surface area contributed by atoms with Crippen LogP contribution in [0.25, 0.3) is 0 Å². The Balaban J connectivity index is 2.20. The summed E-state index contributed by atoms with van der Waals surface area (Å²) in [5.74, 6) is -0.344. The smallest absolute Gasteiger partial charge is 0.340 e. The Labute approximate surface area is 114 Å². The van der Waals surface area contributed by atoms with Crippen LogP contribution in [-0.2, 0) is 4.74 Å². The first-order chi connectivity index (χ1) is 9.22. The topological polar surface area (TPSA) is 64.3 Å². The van der Waals surface area contributed by atoms with Gasteiger partial charge in [0, 0.05) is 6.04 Å². The lowest BCUT2D eigenvalue weighted by Gasteiger charge is -2.21. The Morgan fingerprint density at radius 1 is 1.26 bits per heavy atom. The number of anilines is 2. The summed E-state index contributed by atoms with van der Waals surface area (Å²) >= 11 is 0. The molecule has 0 aromatic heterocycles. The molecule has 0 amide bonds. The summed E-state index contributed by atoms with van der Waals surface area (Å²) in [6.45, 7) is 0. The monoisotopic (exact) mass is 262 g/mol. The maximum Gasteiger partial charge on any atom is 0.340 e. The van der Waals surface area contributed by atoms with Crippen molar-refractivity contribution < 1.29 is 9.53 Å². The molecule has 1 aromatic carbocycles. The van der Waals surface area contributed by atoms with Crippen molar-refractivity contribution in [2.24, 2.45) is 0 Å². The first-order valence-electron chi connectivity index (χ1n) is 6.95. The van der Waals surface area contributed by atoms with Gasteiger partial charge in [0.15, 0.2) is 0 Å². The summed E-state index contributed by atoms with van der Waals surface area (Å²) < 4.78 is 4.81. The van der Waals surface area contributed by atoms with E-state index in [0.717, 1.165) is 18.5 Å². The van der Waals surface area contributed by atoms with Gasteiger partial charge in [-0.2, -0.15) is 0 Å². The lowest BCUT2D eigenvalue weighted by molar-refractivity contribution is 0.0602. The standard InChI is InChI=1S/C15H22N2O2/c1-19-15(18)12-9-6-10-13(16)14(12)17-11-7-4-2-3-5-8-11/h6,9-11,17H,2-5,7-8,16H2,1H3. The van der Waals surface area contributed by atoms with Crippen molar-refractivity contribution >= 4 is 17.3 Å². The van der Waals surface area contributed by atoms with Crippen LogP contribution < -0.4 is 11.1 Å². The number of carbonyl (C=O) groups excluding carboxylic acids is 1. The summed E-state index contributed by atoms with van der Waals surface area (Å²) in [5, 5.41) is 3.45. The molecule has 0 spiro atoms. The van der Waals surface area contributed by atoms with Gasteiger partial charge in [-0.3, -0.25) is 0 Å². The Kier molecular flexibility index (Phi) is 4.66. The van der Waals surface area contributed by atoms with E-state index in [0.29, 0.717) is 17.3 Å². The molecule has 1 aliphatic carbocycles. The number of benzene rings is 1. The molecular weight excluding hydrogens is 240 g/mol. The van der Waals surface area contributed by atoms with E-state index in [1.54, 1.807) is 12.1 Å². The van der Waals surface area contributed by atoms with Crippen LogP contribution in [-0.4, -0.2) is 19.1 Å². The van der Waals surface area contributed by atoms with E-state index in [-0.39, 0.29) is 5.97 Å². The lowest BCUT2D eigenvalue weighted by atomic mass is 10.1. The second-order valence-electron chi connectivity index (χ2n) is 5.09. The minimum atomic E-state index is -0.344. The highest BCUT2D eigenvalue weighted by atomic mass is 16.5. The highest BCUT2D eigenvalue weighted by Crippen LogP contribution is 2.28. The third kappa shape index (κ3) is 3.40. The summed E-state index contributed by atoms with van der Waals surface area (Å²) in [6, 6.07) is 5.74. The van der Waals surface area contributed by atoms with Gasteiger partial charge < -0.3 is 15.8 Å². The fourth-order valence-corrected chi connectivity index (χ4v) is 2.64. The van der Waals surface area contributed by atoms with Crippen LogP contribution in [0.4, 0.5) is 11.4 Å². The maximum atomic E-state index is 11.8. The molecular formula is C15H22N2O2. The Hall–Kier alpha value is -1.71. The number of methoxy groups -OCH3 is 1. The Bertz CT molecular complexity index is 438. The van der Waals surface area contributed by atoms with Crippen LogP contribution >= 0.6 is 0 Å². The van der Waals surface area contributed by atoms with Gasteiger partial charge in [0.1, 0.15) is 0 Å². The third-order valence-electron chi connectivity index (χ3n) is 3.71. The van der Waals surface area contributed by atoms with Crippen molar-refractivity contribution in [3.8, 4) is 0 Å². The second-order valence-corrected chi connectivity index (χ2v) is 5.09. The average molecular weight is 262 g/mol. The van der Waals surface area contributed by atoms with Crippen LogP contribution in [0.5, 0.6) is 0 Å². The minimum absolute atomic E-state index is 0.344. The highest BCUT2D eigenvalue weighted by Gasteiger charge is 2.18. The highest BCUT2D eigenvalue weighted by molar-refractivity contribution is 5.98. The number of nitrogen functional groups attached to an aromatic ring is 1. The van der Waals surface area contributed by atoms with E-state index in [2.05, 4.69) is 5.32 Å². The van der Waals surface area contributed by atoms with Gasteiger partial charge in [-0.25, -0.2) is 4.79 Å². The summed E-state index contributed by atoms with van der Waals surface area (Å²) in [6.07, 6.45) is 7.33. The molecule has 0 saturated heterocycles. The molecule has 1 saturated carbocycles. The Morgan fingerprint density at radius 2 is 1.95 bits per heavy atom. The largest absolute Gasteiger partial charge is 0.465 e. The number of carbonyl (C=O) groups is 1. The van der Waals surface area contributed by atoms with E-state index in [1.165, 1.54) is 32.8 Å². The SMILES string of the molecule is COC(=O)c1cccc(N)c1NC1CCCCCC1. The average Bonchev–Trinajstić information content (AvgIpc) is 2.69. The number of hydrogen-bond acceptors (Lipinski definition) is 4. The number of para-hydroxylation sites is 1. The molecule has 1 aromatic rings. The molecule has 0 bridgehead atoms. The first kappa shape index (κ1) is 13.7. The van der Waals surface area contributed by atoms with Gasteiger partial charge in [-0.05, 0) is 25.0 Å². The van der Waals surface area contributed by atoms with Gasteiger partial charge in [0.25, 0.3) is 0 Å². The molecule has 0 heterocycles. The molecule has 2 rings (SSSR count). The Morgan fingerprint density at radius 3 is 2.58 bits per heavy atom. The van der Waals surface area contributed by atoms with Crippen LogP contribution in [0.3, 0.4) is 0 Å². The molecule has 4 heteroatoms. The number of nitrogens with two attached hydrogens (primary N) is 1. The van der Waals surface area contributed by atoms with Crippen molar-refractivity contribution in [2.45, 2.75) is 44.6 Å². The van der Waals surface area contributed by atoms with Crippen molar-refractivity contribution in [2.75, 3.05) is 18.2 Å². The van der Waals surface area contributed by atoms with E-state index in [1.807, 2.05) is 6.07 Å². The van der Waals surface area contributed by atoms with Crippen molar-refractivity contribution in [3.05, 3.63) is 23.8 Å². The van der Waals surface area contributed by atoms with Crippen LogP contribution in [0.2, 0.25) is 0 Å². The first-order valence-corrected chi connectivity index (χ1v) is 6.95. The van der Waals surface area contributed by atoms with Crippen molar-refractivity contribution in [1.29, 1.82) is 0 Å².